The van der Waals surface area contributed by atoms with E-state index in [-0.39, 0.29) is 24.7 Å². The Hall–Kier alpha value is -3.80. The molecule has 0 aromatic heterocycles. The Labute approximate surface area is 186 Å². The Kier molecular flexibility index (Phi) is 6.12. The van der Waals surface area contributed by atoms with Gasteiger partial charge in [-0.3, -0.25) is 0 Å². The highest BCUT2D eigenvalue weighted by molar-refractivity contribution is 5.81. The number of alkyl carbamates (subject to hydrolysis) is 1. The molecule has 32 heavy (non-hydrogen) atoms. The number of hydrogen-bond donors (Lipinski definition) is 3. The second kappa shape index (κ2) is 9.14. The van der Waals surface area contributed by atoms with Gasteiger partial charge in [-0.15, -0.1) is 0 Å². The van der Waals surface area contributed by atoms with Crippen molar-refractivity contribution in [3.8, 4) is 16.9 Å². The van der Waals surface area contributed by atoms with Crippen LogP contribution in [-0.2, 0) is 22.4 Å². The second-order valence-electron chi connectivity index (χ2n) is 7.87. The average molecular weight is 431 g/mol. The van der Waals surface area contributed by atoms with Crippen molar-refractivity contribution >= 4 is 12.1 Å². The van der Waals surface area contributed by atoms with E-state index in [0.717, 1.165) is 33.4 Å². The molecule has 1 atom stereocenters. The van der Waals surface area contributed by atoms with E-state index in [0.29, 0.717) is 6.42 Å². The number of aryl methyl sites for hydroxylation is 1. The number of phenols is 1. The number of hydrogen-bond acceptors (Lipinski definition) is 4. The predicted molar refractivity (Wildman–Crippen MR) is 121 cm³/mol. The van der Waals surface area contributed by atoms with Crippen molar-refractivity contribution in [2.24, 2.45) is 0 Å². The molecule has 0 bridgehead atoms. The normalized spacial score (nSPS) is 13.2. The smallest absolute Gasteiger partial charge is 0.407 e. The minimum atomic E-state index is -1.14. The summed E-state index contributed by atoms with van der Waals surface area (Å²) in [7, 11) is 0. The summed E-state index contributed by atoms with van der Waals surface area (Å²) >= 11 is 0. The fourth-order valence-electron chi connectivity index (χ4n) is 4.34. The number of rotatable bonds is 7. The summed E-state index contributed by atoms with van der Waals surface area (Å²) in [6.07, 6.45) is -0.0274. The maximum absolute atomic E-state index is 12.5. The van der Waals surface area contributed by atoms with E-state index in [1.165, 1.54) is 6.07 Å². The Morgan fingerprint density at radius 3 is 2.19 bits per heavy atom. The van der Waals surface area contributed by atoms with E-state index in [1.807, 2.05) is 43.3 Å². The van der Waals surface area contributed by atoms with Crippen LogP contribution >= 0.6 is 0 Å². The van der Waals surface area contributed by atoms with E-state index in [2.05, 4.69) is 17.4 Å². The minimum Gasteiger partial charge on any atom is -0.508 e. The largest absolute Gasteiger partial charge is 0.508 e. The van der Waals surface area contributed by atoms with Crippen molar-refractivity contribution in [3.05, 3.63) is 89.0 Å². The lowest BCUT2D eigenvalue weighted by atomic mass is 9.98. The van der Waals surface area contributed by atoms with Gasteiger partial charge in [0.05, 0.1) is 0 Å². The summed E-state index contributed by atoms with van der Waals surface area (Å²) in [6, 6.07) is 19.7. The molecule has 0 radical (unpaired) electrons. The summed E-state index contributed by atoms with van der Waals surface area (Å²) < 4.78 is 5.48. The second-order valence-corrected chi connectivity index (χ2v) is 7.87. The summed E-state index contributed by atoms with van der Waals surface area (Å²) in [5, 5.41) is 21.8. The number of nitrogens with one attached hydrogen (secondary N) is 1. The van der Waals surface area contributed by atoms with Gasteiger partial charge in [-0.25, -0.2) is 9.59 Å². The summed E-state index contributed by atoms with van der Waals surface area (Å²) in [4.78, 5) is 24.3. The number of phenolic OH excluding ortho intramolecular Hbond substituents is 1. The van der Waals surface area contributed by atoms with Crippen LogP contribution in [-0.4, -0.2) is 34.9 Å². The number of carboxylic acid groups (broad SMARTS) is 1. The molecule has 6 nitrogen and oxygen atoms in total. The van der Waals surface area contributed by atoms with Crippen LogP contribution in [0.5, 0.6) is 5.75 Å². The number of carboxylic acids is 1. The lowest BCUT2D eigenvalue weighted by Crippen LogP contribution is -2.43. The molecule has 1 amide bonds. The SMILES string of the molecule is CCc1cc(O)ccc1CC(NC(=O)OCC1c2ccccc2-c2ccccc21)C(=O)O. The molecule has 0 fully saturated rings. The summed E-state index contributed by atoms with van der Waals surface area (Å²) in [6.45, 7) is 2.04. The molecule has 0 spiro atoms. The van der Waals surface area contributed by atoms with Gasteiger partial charge in [-0.05, 0) is 51.9 Å². The van der Waals surface area contributed by atoms with E-state index in [1.54, 1.807) is 12.1 Å². The van der Waals surface area contributed by atoms with Crippen LogP contribution in [0.1, 0.15) is 35.1 Å². The van der Waals surface area contributed by atoms with Crippen LogP contribution in [0.25, 0.3) is 11.1 Å². The highest BCUT2D eigenvalue weighted by atomic mass is 16.5. The Morgan fingerprint density at radius 2 is 1.59 bits per heavy atom. The maximum Gasteiger partial charge on any atom is 0.407 e. The summed E-state index contributed by atoms with van der Waals surface area (Å²) in [5.74, 6) is -1.11. The Balaban J connectivity index is 1.44. The molecule has 1 unspecified atom stereocenters. The van der Waals surface area contributed by atoms with Gasteiger partial charge in [-0.2, -0.15) is 0 Å². The third kappa shape index (κ3) is 4.30. The van der Waals surface area contributed by atoms with Crippen LogP contribution in [0.15, 0.2) is 66.7 Å². The van der Waals surface area contributed by atoms with Crippen molar-refractivity contribution < 1.29 is 24.5 Å². The van der Waals surface area contributed by atoms with Crippen molar-refractivity contribution in [1.82, 2.24) is 5.32 Å². The number of fused-ring (bicyclic) bond motifs is 3. The van der Waals surface area contributed by atoms with Crippen LogP contribution in [0.4, 0.5) is 4.79 Å². The highest BCUT2D eigenvalue weighted by Gasteiger charge is 2.30. The molecular weight excluding hydrogens is 406 g/mol. The molecule has 164 valence electrons. The monoisotopic (exact) mass is 431 g/mol. The maximum atomic E-state index is 12.5. The molecule has 3 aromatic rings. The molecule has 0 heterocycles. The fourth-order valence-corrected chi connectivity index (χ4v) is 4.34. The molecule has 0 aliphatic heterocycles. The lowest BCUT2D eigenvalue weighted by molar-refractivity contribution is -0.139. The number of ether oxygens (including phenoxy) is 1. The molecular formula is C26H25NO5. The Bertz CT molecular complexity index is 1110. The number of benzene rings is 3. The first kappa shape index (κ1) is 21.4. The van der Waals surface area contributed by atoms with Crippen LogP contribution in [0.3, 0.4) is 0 Å². The van der Waals surface area contributed by atoms with Crippen molar-refractivity contribution in [3.63, 3.8) is 0 Å². The first-order valence-electron chi connectivity index (χ1n) is 10.6. The van der Waals surface area contributed by atoms with E-state index in [9.17, 15) is 19.8 Å². The molecule has 0 saturated heterocycles. The molecule has 0 saturated carbocycles. The fraction of sp³-hybridized carbons (Fsp3) is 0.231. The first-order chi connectivity index (χ1) is 15.5. The molecule has 4 rings (SSSR count). The van der Waals surface area contributed by atoms with Gasteiger partial charge in [-0.1, -0.05) is 61.5 Å². The van der Waals surface area contributed by atoms with Crippen molar-refractivity contribution in [2.45, 2.75) is 31.7 Å². The van der Waals surface area contributed by atoms with Crippen LogP contribution < -0.4 is 5.32 Å². The zero-order chi connectivity index (χ0) is 22.7. The summed E-state index contributed by atoms with van der Waals surface area (Å²) in [5.41, 5.74) is 6.03. The predicted octanol–water partition coefficient (Wildman–Crippen LogP) is 4.49. The van der Waals surface area contributed by atoms with Crippen molar-refractivity contribution in [1.29, 1.82) is 0 Å². The quantitative estimate of drug-likeness (QED) is 0.512. The molecule has 3 aromatic carbocycles. The topological polar surface area (TPSA) is 95.9 Å². The molecule has 1 aliphatic carbocycles. The zero-order valence-electron chi connectivity index (χ0n) is 17.7. The molecule has 3 N–H and O–H groups in total. The van der Waals surface area contributed by atoms with E-state index < -0.39 is 18.1 Å². The van der Waals surface area contributed by atoms with Gasteiger partial charge in [0, 0.05) is 12.3 Å². The van der Waals surface area contributed by atoms with E-state index >= 15 is 0 Å². The van der Waals surface area contributed by atoms with E-state index in [4.69, 9.17) is 4.74 Å². The number of aromatic hydroxyl groups is 1. The van der Waals surface area contributed by atoms with Crippen molar-refractivity contribution in [2.75, 3.05) is 6.61 Å². The zero-order valence-corrected chi connectivity index (χ0v) is 17.7. The van der Waals surface area contributed by atoms with Gasteiger partial charge >= 0.3 is 12.1 Å². The highest BCUT2D eigenvalue weighted by Crippen LogP contribution is 2.44. The van der Waals surface area contributed by atoms with Crippen LogP contribution in [0, 0.1) is 0 Å². The third-order valence-electron chi connectivity index (χ3n) is 5.93. The molecule has 1 aliphatic rings. The third-order valence-corrected chi connectivity index (χ3v) is 5.93. The number of amides is 1. The Morgan fingerprint density at radius 1 is 0.969 bits per heavy atom. The number of aliphatic carboxylic acids is 1. The average Bonchev–Trinajstić information content (AvgIpc) is 3.12. The molecule has 6 heteroatoms. The van der Waals surface area contributed by atoms with Gasteiger partial charge in [0.1, 0.15) is 18.4 Å². The minimum absolute atomic E-state index is 0.0970. The van der Waals surface area contributed by atoms with Gasteiger partial charge in [0.15, 0.2) is 0 Å². The van der Waals surface area contributed by atoms with Crippen LogP contribution in [0.2, 0.25) is 0 Å². The number of carbonyl (C=O) groups is 2. The van der Waals surface area contributed by atoms with Gasteiger partial charge in [0.25, 0.3) is 0 Å². The first-order valence-corrected chi connectivity index (χ1v) is 10.6. The standard InChI is InChI=1S/C26H25NO5/c1-2-16-13-18(28)12-11-17(16)14-24(25(29)30)27-26(31)32-15-23-21-9-5-3-7-19(21)20-8-4-6-10-22(20)23/h3-13,23-24,28H,2,14-15H2,1H3,(H,27,31)(H,29,30). The number of carbonyl (C=O) groups excluding carboxylic acids is 1. The van der Waals surface area contributed by atoms with Gasteiger partial charge < -0.3 is 20.3 Å². The van der Waals surface area contributed by atoms with Gasteiger partial charge in [0.2, 0.25) is 0 Å². The lowest BCUT2D eigenvalue weighted by Gasteiger charge is -2.18.